The van der Waals surface area contributed by atoms with Crippen molar-refractivity contribution in [1.29, 1.82) is 0 Å². The Morgan fingerprint density at radius 1 is 1.00 bits per heavy atom. The zero-order chi connectivity index (χ0) is 24.1. The second-order valence-corrected chi connectivity index (χ2v) is 8.19. The molecule has 0 aliphatic heterocycles. The van der Waals surface area contributed by atoms with E-state index >= 15 is 0 Å². The fourth-order valence-corrected chi connectivity index (χ4v) is 3.93. The van der Waals surface area contributed by atoms with Crippen molar-refractivity contribution in [3.05, 3.63) is 89.7 Å². The monoisotopic (exact) mass is 456 g/mol. The second-order valence-electron chi connectivity index (χ2n) is 8.19. The van der Waals surface area contributed by atoms with Crippen LogP contribution in [0.25, 0.3) is 16.9 Å². The number of nitrogens with zero attached hydrogens (tertiary/aromatic N) is 3. The van der Waals surface area contributed by atoms with Crippen molar-refractivity contribution in [2.45, 2.75) is 26.9 Å². The quantitative estimate of drug-likeness (QED) is 0.387. The molecule has 2 heterocycles. The van der Waals surface area contributed by atoms with E-state index in [1.165, 1.54) is 12.5 Å². The summed E-state index contributed by atoms with van der Waals surface area (Å²) >= 11 is 0. The summed E-state index contributed by atoms with van der Waals surface area (Å²) in [5.41, 5.74) is 5.89. The molecular formula is C27H28N4O3. The molecule has 0 spiro atoms. The average molecular weight is 457 g/mol. The molecule has 0 saturated carbocycles. The van der Waals surface area contributed by atoms with Crippen LogP contribution in [0, 0.1) is 0 Å². The number of carbonyl (C=O) groups excluding carboxylic acids is 2. The van der Waals surface area contributed by atoms with E-state index in [1.54, 1.807) is 19.2 Å². The highest BCUT2D eigenvalue weighted by atomic mass is 16.5. The van der Waals surface area contributed by atoms with Gasteiger partial charge in [-0.3, -0.25) is 9.69 Å². The van der Waals surface area contributed by atoms with Crippen molar-refractivity contribution >= 4 is 23.2 Å². The molecule has 0 aliphatic rings. The van der Waals surface area contributed by atoms with Gasteiger partial charge in [-0.15, -0.1) is 0 Å². The van der Waals surface area contributed by atoms with E-state index in [0.29, 0.717) is 18.7 Å². The Bertz CT molecular complexity index is 1300. The Balaban J connectivity index is 1.74. The molecule has 0 atom stereocenters. The Kier molecular flexibility index (Phi) is 7.04. The lowest BCUT2D eigenvalue weighted by atomic mass is 10.1. The molecule has 0 unspecified atom stereocenters. The Labute approximate surface area is 199 Å². The van der Waals surface area contributed by atoms with E-state index in [2.05, 4.69) is 29.4 Å². The van der Waals surface area contributed by atoms with E-state index in [4.69, 9.17) is 9.72 Å². The summed E-state index contributed by atoms with van der Waals surface area (Å²) in [4.78, 5) is 30.8. The van der Waals surface area contributed by atoms with Crippen LogP contribution in [-0.2, 0) is 22.6 Å². The zero-order valence-electron chi connectivity index (χ0n) is 19.6. The Morgan fingerprint density at radius 2 is 1.74 bits per heavy atom. The van der Waals surface area contributed by atoms with Gasteiger partial charge in [-0.05, 0) is 43.8 Å². The fraction of sp³-hybridized carbons (Fsp3) is 0.222. The minimum absolute atomic E-state index is 0.116. The SMILES string of the molecule is CCOC(=O)c1ccc2nc(-c3ccc(NC(C)=O)cc3)c(CN(C)Cc3ccccc3)n2c1. The van der Waals surface area contributed by atoms with E-state index < -0.39 is 0 Å². The molecule has 0 fully saturated rings. The number of fused-ring (bicyclic) bond motifs is 1. The first-order chi connectivity index (χ1) is 16.4. The fourth-order valence-electron chi connectivity index (χ4n) is 3.93. The molecule has 4 rings (SSSR count). The number of hydrogen-bond donors (Lipinski definition) is 1. The van der Waals surface area contributed by atoms with Crippen molar-refractivity contribution in [3.8, 4) is 11.3 Å². The van der Waals surface area contributed by atoms with Crippen molar-refractivity contribution in [1.82, 2.24) is 14.3 Å². The number of hydrogen-bond acceptors (Lipinski definition) is 5. The van der Waals surface area contributed by atoms with Gasteiger partial charge < -0.3 is 14.5 Å². The van der Waals surface area contributed by atoms with Crippen molar-refractivity contribution in [2.24, 2.45) is 0 Å². The predicted molar refractivity (Wildman–Crippen MR) is 133 cm³/mol. The summed E-state index contributed by atoms with van der Waals surface area (Å²) in [6.07, 6.45) is 1.79. The number of benzene rings is 2. The third-order valence-electron chi connectivity index (χ3n) is 5.42. The number of amides is 1. The second kappa shape index (κ2) is 10.3. The maximum Gasteiger partial charge on any atom is 0.339 e. The maximum absolute atomic E-state index is 12.4. The minimum Gasteiger partial charge on any atom is -0.462 e. The van der Waals surface area contributed by atoms with E-state index in [0.717, 1.165) is 34.8 Å². The highest BCUT2D eigenvalue weighted by Gasteiger charge is 2.18. The molecule has 2 aromatic heterocycles. The van der Waals surface area contributed by atoms with Crippen LogP contribution in [0.5, 0.6) is 0 Å². The molecule has 7 nitrogen and oxygen atoms in total. The molecule has 7 heteroatoms. The maximum atomic E-state index is 12.4. The average Bonchev–Trinajstić information content (AvgIpc) is 3.17. The predicted octanol–water partition coefficient (Wildman–Crippen LogP) is 4.77. The molecule has 174 valence electrons. The number of pyridine rings is 1. The van der Waals surface area contributed by atoms with Gasteiger partial charge >= 0.3 is 5.97 Å². The number of anilines is 1. The standard InChI is InChI=1S/C27H28N4O3/c1-4-34-27(33)22-12-15-25-29-26(21-10-13-23(14-11-21)28-19(2)32)24(31(25)17-22)18-30(3)16-20-8-6-5-7-9-20/h5-15,17H,4,16,18H2,1-3H3,(H,28,32). The van der Waals surface area contributed by atoms with Gasteiger partial charge in [-0.1, -0.05) is 42.5 Å². The molecular weight excluding hydrogens is 428 g/mol. The summed E-state index contributed by atoms with van der Waals surface area (Å²) in [5, 5.41) is 2.79. The number of nitrogens with one attached hydrogen (secondary N) is 1. The third kappa shape index (κ3) is 5.32. The lowest BCUT2D eigenvalue weighted by Crippen LogP contribution is -2.19. The van der Waals surface area contributed by atoms with Crippen LogP contribution in [0.4, 0.5) is 5.69 Å². The van der Waals surface area contributed by atoms with Gasteiger partial charge in [0.15, 0.2) is 0 Å². The van der Waals surface area contributed by atoms with Gasteiger partial charge in [-0.25, -0.2) is 9.78 Å². The highest BCUT2D eigenvalue weighted by Crippen LogP contribution is 2.28. The van der Waals surface area contributed by atoms with E-state index in [-0.39, 0.29) is 11.9 Å². The van der Waals surface area contributed by atoms with Crippen molar-refractivity contribution < 1.29 is 14.3 Å². The summed E-state index contributed by atoms with van der Waals surface area (Å²) in [6, 6.07) is 21.5. The molecule has 34 heavy (non-hydrogen) atoms. The van der Waals surface area contributed by atoms with Crippen LogP contribution in [-0.4, -0.2) is 39.8 Å². The largest absolute Gasteiger partial charge is 0.462 e. The van der Waals surface area contributed by atoms with Crippen LogP contribution >= 0.6 is 0 Å². The molecule has 4 aromatic rings. The first-order valence-corrected chi connectivity index (χ1v) is 11.2. The highest BCUT2D eigenvalue weighted by molar-refractivity contribution is 5.90. The molecule has 2 aromatic carbocycles. The van der Waals surface area contributed by atoms with Gasteiger partial charge in [0.05, 0.1) is 23.6 Å². The lowest BCUT2D eigenvalue weighted by Gasteiger charge is -2.18. The smallest absolute Gasteiger partial charge is 0.339 e. The first-order valence-electron chi connectivity index (χ1n) is 11.2. The van der Waals surface area contributed by atoms with Gasteiger partial charge in [0.2, 0.25) is 5.91 Å². The lowest BCUT2D eigenvalue weighted by molar-refractivity contribution is -0.114. The summed E-state index contributed by atoms with van der Waals surface area (Å²) in [7, 11) is 2.06. The molecule has 1 N–H and O–H groups in total. The van der Waals surface area contributed by atoms with Gasteiger partial charge in [0.25, 0.3) is 0 Å². The minimum atomic E-state index is -0.358. The van der Waals surface area contributed by atoms with E-state index in [9.17, 15) is 9.59 Å². The molecule has 1 amide bonds. The molecule has 0 bridgehead atoms. The normalized spacial score (nSPS) is 11.1. The van der Waals surface area contributed by atoms with Crippen LogP contribution in [0.15, 0.2) is 72.9 Å². The van der Waals surface area contributed by atoms with Crippen molar-refractivity contribution in [2.75, 3.05) is 19.0 Å². The zero-order valence-corrected chi connectivity index (χ0v) is 19.6. The number of imidazole rings is 1. The number of esters is 1. The molecule has 0 radical (unpaired) electrons. The Morgan fingerprint density at radius 3 is 2.41 bits per heavy atom. The van der Waals surface area contributed by atoms with Gasteiger partial charge in [-0.2, -0.15) is 0 Å². The van der Waals surface area contributed by atoms with Crippen LogP contribution in [0.3, 0.4) is 0 Å². The number of aromatic nitrogens is 2. The Hall–Kier alpha value is -3.97. The van der Waals surface area contributed by atoms with Gasteiger partial charge in [0.1, 0.15) is 5.65 Å². The topological polar surface area (TPSA) is 75.9 Å². The summed E-state index contributed by atoms with van der Waals surface area (Å²) in [5.74, 6) is -0.474. The van der Waals surface area contributed by atoms with Crippen LogP contribution < -0.4 is 5.32 Å². The van der Waals surface area contributed by atoms with Crippen LogP contribution in [0.1, 0.15) is 35.5 Å². The summed E-state index contributed by atoms with van der Waals surface area (Å²) in [6.45, 7) is 4.98. The van der Waals surface area contributed by atoms with E-state index in [1.807, 2.05) is 52.9 Å². The first kappa shape index (κ1) is 23.2. The summed E-state index contributed by atoms with van der Waals surface area (Å²) < 4.78 is 7.16. The number of carbonyl (C=O) groups is 2. The number of ether oxygens (including phenoxy) is 1. The molecule has 0 aliphatic carbocycles. The van der Waals surface area contributed by atoms with Crippen LogP contribution in [0.2, 0.25) is 0 Å². The molecule has 0 saturated heterocycles. The third-order valence-corrected chi connectivity index (χ3v) is 5.42. The van der Waals surface area contributed by atoms with Gasteiger partial charge in [0, 0.05) is 37.5 Å². The number of rotatable bonds is 8. The van der Waals surface area contributed by atoms with Crippen molar-refractivity contribution in [3.63, 3.8) is 0 Å².